The van der Waals surface area contributed by atoms with E-state index in [0.29, 0.717) is 29.8 Å². The molecule has 5 heteroatoms. The Hall–Kier alpha value is -3.52. The summed E-state index contributed by atoms with van der Waals surface area (Å²) in [6.07, 6.45) is 2.01. The van der Waals surface area contributed by atoms with Gasteiger partial charge in [-0.2, -0.15) is 5.26 Å². The summed E-state index contributed by atoms with van der Waals surface area (Å²) in [5.41, 5.74) is 3.11. The van der Waals surface area contributed by atoms with Crippen LogP contribution >= 0.6 is 0 Å². The predicted molar refractivity (Wildman–Crippen MR) is 96.8 cm³/mol. The van der Waals surface area contributed by atoms with Crippen LogP contribution in [0.5, 0.6) is 0 Å². The molecule has 1 N–H and O–H groups in total. The van der Waals surface area contributed by atoms with Gasteiger partial charge in [-0.15, -0.1) is 0 Å². The Kier molecular flexibility index (Phi) is 5.35. The molecule has 0 aliphatic heterocycles. The van der Waals surface area contributed by atoms with Crippen LogP contribution in [0.2, 0.25) is 0 Å². The topological polar surface area (TPSA) is 65.8 Å². The first-order chi connectivity index (χ1) is 12.7. The van der Waals surface area contributed by atoms with E-state index in [4.69, 9.17) is 5.26 Å². The van der Waals surface area contributed by atoms with E-state index in [9.17, 15) is 9.18 Å². The van der Waals surface area contributed by atoms with E-state index in [0.717, 1.165) is 11.1 Å². The largest absolute Gasteiger partial charge is 0.350 e. The SMILES string of the molecule is N#Cc1cccc(-c2ccc(C(=O)NCCc3ccccc3F)nc2)c1. The highest BCUT2D eigenvalue weighted by atomic mass is 19.1. The van der Waals surface area contributed by atoms with Gasteiger partial charge in [-0.25, -0.2) is 4.39 Å². The summed E-state index contributed by atoms with van der Waals surface area (Å²) in [7, 11) is 0. The molecule has 128 valence electrons. The Morgan fingerprint density at radius 3 is 2.65 bits per heavy atom. The van der Waals surface area contributed by atoms with Gasteiger partial charge in [0, 0.05) is 18.3 Å². The van der Waals surface area contributed by atoms with Crippen molar-refractivity contribution in [3.05, 3.63) is 89.5 Å². The van der Waals surface area contributed by atoms with E-state index in [1.165, 1.54) is 6.07 Å². The third kappa shape index (κ3) is 4.11. The molecular formula is C21H16FN3O. The van der Waals surface area contributed by atoms with Crippen LogP contribution < -0.4 is 5.32 Å². The van der Waals surface area contributed by atoms with Crippen molar-refractivity contribution >= 4 is 5.91 Å². The second-order valence-corrected chi connectivity index (χ2v) is 5.72. The molecule has 26 heavy (non-hydrogen) atoms. The molecule has 0 unspecified atom stereocenters. The molecule has 0 spiro atoms. The molecule has 1 aromatic heterocycles. The number of hydrogen-bond donors (Lipinski definition) is 1. The lowest BCUT2D eigenvalue weighted by atomic mass is 10.0. The highest BCUT2D eigenvalue weighted by Gasteiger charge is 2.08. The smallest absolute Gasteiger partial charge is 0.269 e. The number of aromatic nitrogens is 1. The predicted octanol–water partition coefficient (Wildman–Crippen LogP) is 3.73. The number of halogens is 1. The van der Waals surface area contributed by atoms with Crippen molar-refractivity contribution in [3.8, 4) is 17.2 Å². The van der Waals surface area contributed by atoms with Gasteiger partial charge in [0.1, 0.15) is 11.5 Å². The molecule has 0 aliphatic carbocycles. The highest BCUT2D eigenvalue weighted by Crippen LogP contribution is 2.19. The van der Waals surface area contributed by atoms with Crippen LogP contribution in [-0.2, 0) is 6.42 Å². The zero-order valence-electron chi connectivity index (χ0n) is 13.9. The van der Waals surface area contributed by atoms with Crippen LogP contribution in [0.15, 0.2) is 66.9 Å². The number of pyridine rings is 1. The van der Waals surface area contributed by atoms with Crippen molar-refractivity contribution in [2.45, 2.75) is 6.42 Å². The van der Waals surface area contributed by atoms with Crippen LogP contribution in [0.1, 0.15) is 21.6 Å². The molecule has 0 saturated heterocycles. The fraction of sp³-hybridized carbons (Fsp3) is 0.0952. The van der Waals surface area contributed by atoms with Crippen molar-refractivity contribution in [1.82, 2.24) is 10.3 Å². The average molecular weight is 345 g/mol. The summed E-state index contributed by atoms with van der Waals surface area (Å²) in [5, 5.41) is 11.7. The summed E-state index contributed by atoms with van der Waals surface area (Å²) in [4.78, 5) is 16.3. The zero-order valence-corrected chi connectivity index (χ0v) is 13.9. The Labute approximate surface area is 150 Å². The number of nitriles is 1. The normalized spacial score (nSPS) is 10.2. The number of benzene rings is 2. The molecule has 3 aromatic rings. The van der Waals surface area contributed by atoms with Crippen LogP contribution in [-0.4, -0.2) is 17.4 Å². The second-order valence-electron chi connectivity index (χ2n) is 5.72. The van der Waals surface area contributed by atoms with Gasteiger partial charge >= 0.3 is 0 Å². The lowest BCUT2D eigenvalue weighted by Crippen LogP contribution is -2.26. The summed E-state index contributed by atoms with van der Waals surface area (Å²) < 4.78 is 13.6. The second kappa shape index (κ2) is 8.04. The Morgan fingerprint density at radius 1 is 1.08 bits per heavy atom. The molecule has 1 heterocycles. The first-order valence-electron chi connectivity index (χ1n) is 8.15. The van der Waals surface area contributed by atoms with Crippen LogP contribution in [0.25, 0.3) is 11.1 Å². The number of nitrogens with zero attached hydrogens (tertiary/aromatic N) is 2. The van der Waals surface area contributed by atoms with Gasteiger partial charge in [0.05, 0.1) is 11.6 Å². The standard InChI is InChI=1S/C21H16FN3O/c22-19-7-2-1-5-16(19)10-11-24-21(26)20-9-8-18(14-25-20)17-6-3-4-15(12-17)13-23/h1-9,12,14H,10-11H2,(H,24,26). The maximum Gasteiger partial charge on any atom is 0.269 e. The Bertz CT molecular complexity index is 961. The van der Waals surface area contributed by atoms with Gasteiger partial charge < -0.3 is 5.32 Å². The molecule has 4 nitrogen and oxygen atoms in total. The quantitative estimate of drug-likeness (QED) is 0.766. The molecule has 0 saturated carbocycles. The first kappa shape index (κ1) is 17.3. The van der Waals surface area contributed by atoms with Gasteiger partial charge in [-0.1, -0.05) is 36.4 Å². The van der Waals surface area contributed by atoms with E-state index >= 15 is 0 Å². The molecule has 2 aromatic carbocycles. The summed E-state index contributed by atoms with van der Waals surface area (Å²) >= 11 is 0. The number of carbonyl (C=O) groups is 1. The van der Waals surface area contributed by atoms with Gasteiger partial charge in [0.15, 0.2) is 0 Å². The summed E-state index contributed by atoms with van der Waals surface area (Å²) in [6.45, 7) is 0.327. The number of rotatable bonds is 5. The molecule has 0 fully saturated rings. The maximum atomic E-state index is 13.6. The van der Waals surface area contributed by atoms with Gasteiger partial charge in [-0.3, -0.25) is 9.78 Å². The van der Waals surface area contributed by atoms with Crippen molar-refractivity contribution in [2.75, 3.05) is 6.54 Å². The van der Waals surface area contributed by atoms with Crippen LogP contribution in [0, 0.1) is 17.1 Å². The number of carbonyl (C=O) groups excluding carboxylic acids is 1. The summed E-state index contributed by atoms with van der Waals surface area (Å²) in [6, 6.07) is 19.2. The lowest BCUT2D eigenvalue weighted by molar-refractivity contribution is 0.0949. The molecular weight excluding hydrogens is 329 g/mol. The van der Waals surface area contributed by atoms with Crippen LogP contribution in [0.3, 0.4) is 0 Å². The van der Waals surface area contributed by atoms with Crippen molar-refractivity contribution in [1.29, 1.82) is 5.26 Å². The first-order valence-corrected chi connectivity index (χ1v) is 8.15. The molecule has 1 amide bonds. The maximum absolute atomic E-state index is 13.6. The van der Waals surface area contributed by atoms with Crippen molar-refractivity contribution < 1.29 is 9.18 Å². The summed E-state index contributed by atoms with van der Waals surface area (Å²) in [5.74, 6) is -0.581. The van der Waals surface area contributed by atoms with E-state index < -0.39 is 0 Å². The minimum absolute atomic E-state index is 0.274. The molecule has 0 radical (unpaired) electrons. The lowest BCUT2D eigenvalue weighted by Gasteiger charge is -2.07. The van der Waals surface area contributed by atoms with E-state index in [1.807, 2.05) is 6.07 Å². The van der Waals surface area contributed by atoms with Gasteiger partial charge in [0.2, 0.25) is 0 Å². The zero-order chi connectivity index (χ0) is 18.4. The van der Waals surface area contributed by atoms with Crippen molar-refractivity contribution in [3.63, 3.8) is 0 Å². The fourth-order valence-electron chi connectivity index (χ4n) is 2.57. The highest BCUT2D eigenvalue weighted by molar-refractivity contribution is 5.92. The molecule has 0 atom stereocenters. The van der Waals surface area contributed by atoms with Gasteiger partial charge in [0.25, 0.3) is 5.91 Å². The number of hydrogen-bond acceptors (Lipinski definition) is 3. The van der Waals surface area contributed by atoms with E-state index in [2.05, 4.69) is 16.4 Å². The van der Waals surface area contributed by atoms with E-state index in [-0.39, 0.29) is 11.7 Å². The monoisotopic (exact) mass is 345 g/mol. The van der Waals surface area contributed by atoms with Crippen molar-refractivity contribution in [2.24, 2.45) is 0 Å². The Morgan fingerprint density at radius 2 is 1.92 bits per heavy atom. The minimum atomic E-state index is -0.307. The van der Waals surface area contributed by atoms with Crippen LogP contribution in [0.4, 0.5) is 4.39 Å². The third-order valence-electron chi connectivity index (χ3n) is 3.96. The molecule has 3 rings (SSSR count). The molecule has 0 aliphatic rings. The minimum Gasteiger partial charge on any atom is -0.350 e. The molecule has 0 bridgehead atoms. The number of amides is 1. The Balaban J connectivity index is 1.62. The average Bonchev–Trinajstić information content (AvgIpc) is 2.69. The number of nitrogens with one attached hydrogen (secondary N) is 1. The van der Waals surface area contributed by atoms with E-state index in [1.54, 1.807) is 54.7 Å². The van der Waals surface area contributed by atoms with Gasteiger partial charge in [-0.05, 0) is 41.8 Å². The fourth-order valence-corrected chi connectivity index (χ4v) is 2.57. The third-order valence-corrected chi connectivity index (χ3v) is 3.96.